The van der Waals surface area contributed by atoms with Gasteiger partial charge in [0.15, 0.2) is 0 Å². The maximum atomic E-state index is 11.3. The van der Waals surface area contributed by atoms with Gasteiger partial charge < -0.3 is 15.2 Å². The monoisotopic (exact) mass is 276 g/mol. The molecule has 0 bridgehead atoms. The van der Waals surface area contributed by atoms with Crippen molar-refractivity contribution in [1.82, 2.24) is 10.3 Å². The lowest BCUT2D eigenvalue weighted by molar-refractivity contribution is 0.0690. The molecular formula is C15H20N2O3. The van der Waals surface area contributed by atoms with E-state index >= 15 is 0 Å². The molecule has 2 aliphatic rings. The number of rotatable bonds is 4. The fourth-order valence-corrected chi connectivity index (χ4v) is 2.44. The lowest BCUT2D eigenvalue weighted by Gasteiger charge is -2.16. The second-order valence-corrected chi connectivity index (χ2v) is 6.74. The highest BCUT2D eigenvalue weighted by Gasteiger charge is 2.39. The van der Waals surface area contributed by atoms with Crippen LogP contribution in [0.4, 0.5) is 0 Å². The van der Waals surface area contributed by atoms with Crippen molar-refractivity contribution >= 4 is 5.97 Å². The summed E-state index contributed by atoms with van der Waals surface area (Å²) in [5.41, 5.74) is 1.72. The van der Waals surface area contributed by atoms with E-state index in [1.54, 1.807) is 6.07 Å². The van der Waals surface area contributed by atoms with Gasteiger partial charge in [0.05, 0.1) is 12.3 Å². The lowest BCUT2D eigenvalue weighted by Crippen LogP contribution is -2.27. The predicted molar refractivity (Wildman–Crippen MR) is 74.2 cm³/mol. The van der Waals surface area contributed by atoms with E-state index in [9.17, 15) is 9.90 Å². The maximum Gasteiger partial charge on any atom is 0.354 e. The van der Waals surface area contributed by atoms with Crippen LogP contribution in [0.3, 0.4) is 0 Å². The Hall–Kier alpha value is -1.62. The predicted octanol–water partition coefficient (Wildman–Crippen LogP) is 2.09. The number of aromatic carboxylic acids is 1. The topological polar surface area (TPSA) is 71.5 Å². The van der Waals surface area contributed by atoms with Gasteiger partial charge in [0, 0.05) is 23.1 Å². The quantitative estimate of drug-likeness (QED) is 0.881. The molecule has 2 N–H and O–H groups in total. The zero-order valence-corrected chi connectivity index (χ0v) is 12.1. The van der Waals surface area contributed by atoms with Crippen molar-refractivity contribution in [3.8, 4) is 5.75 Å². The molecule has 1 aromatic rings. The maximum absolute atomic E-state index is 11.3. The molecule has 0 spiro atoms. The fourth-order valence-electron chi connectivity index (χ4n) is 2.44. The van der Waals surface area contributed by atoms with Gasteiger partial charge in [-0.05, 0) is 25.8 Å². The Bertz CT molecular complexity index is 577. The first-order valence-corrected chi connectivity index (χ1v) is 6.96. The number of hydrogen-bond donors (Lipinski definition) is 2. The Morgan fingerprint density at radius 3 is 2.75 bits per heavy atom. The zero-order chi connectivity index (χ0) is 14.5. The molecule has 1 aliphatic heterocycles. The first-order chi connectivity index (χ1) is 9.31. The minimum atomic E-state index is -0.991. The van der Waals surface area contributed by atoms with Gasteiger partial charge in [-0.15, -0.1) is 0 Å². The number of carbonyl (C=O) groups is 1. The van der Waals surface area contributed by atoms with Crippen molar-refractivity contribution in [3.05, 3.63) is 23.0 Å². The zero-order valence-electron chi connectivity index (χ0n) is 12.1. The Morgan fingerprint density at radius 2 is 2.15 bits per heavy atom. The van der Waals surface area contributed by atoms with Crippen LogP contribution in [-0.4, -0.2) is 28.2 Å². The van der Waals surface area contributed by atoms with Crippen LogP contribution in [0, 0.1) is 0 Å². The largest absolute Gasteiger partial charge is 0.490 e. The van der Waals surface area contributed by atoms with Crippen LogP contribution in [0.1, 0.15) is 55.4 Å². The third kappa shape index (κ3) is 2.26. The van der Waals surface area contributed by atoms with Crippen molar-refractivity contribution in [2.24, 2.45) is 0 Å². The molecule has 1 aliphatic carbocycles. The molecule has 0 aromatic carbocycles. The third-order valence-corrected chi connectivity index (χ3v) is 4.19. The van der Waals surface area contributed by atoms with Gasteiger partial charge in [0.1, 0.15) is 11.4 Å². The molecule has 0 unspecified atom stereocenters. The van der Waals surface area contributed by atoms with E-state index in [1.807, 2.05) is 13.8 Å². The van der Waals surface area contributed by atoms with E-state index in [2.05, 4.69) is 17.2 Å². The fraction of sp³-hybridized carbons (Fsp3) is 0.600. The molecular weight excluding hydrogens is 256 g/mol. The van der Waals surface area contributed by atoms with Gasteiger partial charge in [-0.1, -0.05) is 13.8 Å². The molecule has 0 amide bonds. The molecule has 20 heavy (non-hydrogen) atoms. The van der Waals surface area contributed by atoms with Crippen molar-refractivity contribution in [3.63, 3.8) is 0 Å². The van der Waals surface area contributed by atoms with Crippen molar-refractivity contribution in [2.45, 2.75) is 51.1 Å². The van der Waals surface area contributed by atoms with Gasteiger partial charge in [0.25, 0.3) is 0 Å². The number of pyridine rings is 1. The average molecular weight is 276 g/mol. The molecule has 0 saturated heterocycles. The highest BCUT2D eigenvalue weighted by atomic mass is 16.5. The molecule has 1 aromatic heterocycles. The Morgan fingerprint density at radius 1 is 1.45 bits per heavy atom. The minimum absolute atomic E-state index is 0.0973. The van der Waals surface area contributed by atoms with E-state index in [4.69, 9.17) is 4.74 Å². The molecule has 108 valence electrons. The van der Waals surface area contributed by atoms with Crippen LogP contribution >= 0.6 is 0 Å². The second kappa shape index (κ2) is 4.19. The SMILES string of the molecule is CC1(NCc2cc(C(=O)O)nc3c2OCC3(C)C)CC1. The number of hydrogen-bond acceptors (Lipinski definition) is 4. The number of aromatic nitrogens is 1. The number of nitrogens with one attached hydrogen (secondary N) is 1. The Balaban J connectivity index is 1.97. The first kappa shape index (κ1) is 13.4. The van der Waals surface area contributed by atoms with Crippen molar-refractivity contribution in [2.75, 3.05) is 6.61 Å². The van der Waals surface area contributed by atoms with E-state index in [-0.39, 0.29) is 16.6 Å². The number of fused-ring (bicyclic) bond motifs is 1. The van der Waals surface area contributed by atoms with Gasteiger partial charge in [0.2, 0.25) is 0 Å². The van der Waals surface area contributed by atoms with Gasteiger partial charge >= 0.3 is 5.97 Å². The summed E-state index contributed by atoms with van der Waals surface area (Å²) in [5.74, 6) is -0.230. The Labute approximate surface area is 118 Å². The molecule has 2 heterocycles. The summed E-state index contributed by atoms with van der Waals surface area (Å²) in [6.45, 7) is 7.39. The molecule has 1 saturated carbocycles. The summed E-state index contributed by atoms with van der Waals surface area (Å²) < 4.78 is 5.77. The summed E-state index contributed by atoms with van der Waals surface area (Å²) in [6.07, 6.45) is 2.33. The van der Waals surface area contributed by atoms with E-state index < -0.39 is 5.97 Å². The van der Waals surface area contributed by atoms with E-state index in [0.29, 0.717) is 13.2 Å². The minimum Gasteiger partial charge on any atom is -0.490 e. The average Bonchev–Trinajstić information content (AvgIpc) is 3.03. The lowest BCUT2D eigenvalue weighted by atomic mass is 9.90. The summed E-state index contributed by atoms with van der Waals surface area (Å²) >= 11 is 0. The van der Waals surface area contributed by atoms with Crippen molar-refractivity contribution < 1.29 is 14.6 Å². The summed E-state index contributed by atoms with van der Waals surface area (Å²) in [7, 11) is 0. The van der Waals surface area contributed by atoms with Crippen LogP contribution in [0.5, 0.6) is 5.75 Å². The Kier molecular flexibility index (Phi) is 2.80. The molecule has 3 rings (SSSR count). The summed E-state index contributed by atoms with van der Waals surface area (Å²) in [6, 6.07) is 1.63. The third-order valence-electron chi connectivity index (χ3n) is 4.19. The molecule has 5 nitrogen and oxygen atoms in total. The molecule has 0 radical (unpaired) electrons. The van der Waals surface area contributed by atoms with E-state index in [0.717, 1.165) is 17.0 Å². The highest BCUT2D eigenvalue weighted by Crippen LogP contribution is 2.41. The normalized spacial score (nSPS) is 21.1. The summed E-state index contributed by atoms with van der Waals surface area (Å²) in [4.78, 5) is 15.5. The number of carboxylic acids is 1. The molecule has 0 atom stereocenters. The van der Waals surface area contributed by atoms with Crippen LogP contribution in [-0.2, 0) is 12.0 Å². The van der Waals surface area contributed by atoms with Gasteiger partial charge in [-0.25, -0.2) is 9.78 Å². The van der Waals surface area contributed by atoms with Crippen LogP contribution < -0.4 is 10.1 Å². The number of ether oxygens (including phenoxy) is 1. The summed E-state index contributed by atoms with van der Waals surface area (Å²) in [5, 5.41) is 12.7. The highest BCUT2D eigenvalue weighted by molar-refractivity contribution is 5.86. The van der Waals surface area contributed by atoms with Crippen LogP contribution in [0.25, 0.3) is 0 Å². The second-order valence-electron chi connectivity index (χ2n) is 6.74. The number of nitrogens with zero attached hydrogens (tertiary/aromatic N) is 1. The van der Waals surface area contributed by atoms with Crippen LogP contribution in [0.15, 0.2) is 6.07 Å². The van der Waals surface area contributed by atoms with Crippen molar-refractivity contribution in [1.29, 1.82) is 0 Å². The van der Waals surface area contributed by atoms with E-state index in [1.165, 1.54) is 12.8 Å². The molecule has 1 fully saturated rings. The van der Waals surface area contributed by atoms with Gasteiger partial charge in [-0.2, -0.15) is 0 Å². The van der Waals surface area contributed by atoms with Gasteiger partial charge in [-0.3, -0.25) is 0 Å². The number of carboxylic acid groups (broad SMARTS) is 1. The smallest absolute Gasteiger partial charge is 0.354 e. The standard InChI is InChI=1S/C15H20N2O3/c1-14(2)8-20-11-9(7-16-15(3)4-5-15)6-10(13(18)19)17-12(11)14/h6,16H,4-5,7-8H2,1-3H3,(H,18,19). The van der Waals surface area contributed by atoms with Crippen LogP contribution in [0.2, 0.25) is 0 Å². The first-order valence-electron chi connectivity index (χ1n) is 6.96. The molecule has 5 heteroatoms.